The second kappa shape index (κ2) is 8.06. The third-order valence-corrected chi connectivity index (χ3v) is 4.51. The van der Waals surface area contributed by atoms with Gasteiger partial charge in [-0.1, -0.05) is 11.6 Å². The van der Waals surface area contributed by atoms with Crippen molar-refractivity contribution in [1.82, 2.24) is 19.7 Å². The van der Waals surface area contributed by atoms with Gasteiger partial charge >= 0.3 is 5.97 Å². The van der Waals surface area contributed by atoms with E-state index in [0.717, 1.165) is 11.4 Å². The number of amides is 1. The Morgan fingerprint density at radius 1 is 1.26 bits per heavy atom. The summed E-state index contributed by atoms with van der Waals surface area (Å²) in [5, 5.41) is 4.50. The molecule has 0 bridgehead atoms. The highest BCUT2D eigenvalue weighted by atomic mass is 35.5. The number of nitrogens with zero attached hydrogens (tertiary/aromatic N) is 4. The molecule has 1 saturated heterocycles. The number of carbonyl (C=O) groups is 2. The Hall–Kier alpha value is -2.45. The molecule has 9 heteroatoms. The molecule has 144 valence electrons. The van der Waals surface area contributed by atoms with E-state index in [0.29, 0.717) is 32.1 Å². The number of aryl methyl sites for hydroxylation is 2. The van der Waals surface area contributed by atoms with E-state index in [1.165, 1.54) is 6.92 Å². The number of carbonyl (C=O) groups excluding carboxylic acids is 2. The first-order chi connectivity index (χ1) is 12.9. The first-order valence-electron chi connectivity index (χ1n) is 8.64. The topological polar surface area (TPSA) is 86.5 Å². The third kappa shape index (κ3) is 4.28. The Labute approximate surface area is 162 Å². The van der Waals surface area contributed by atoms with Gasteiger partial charge in [0, 0.05) is 18.8 Å². The molecule has 3 rings (SSSR count). The maximum absolute atomic E-state index is 12.5. The van der Waals surface area contributed by atoms with Gasteiger partial charge in [-0.05, 0) is 39.0 Å². The molecule has 27 heavy (non-hydrogen) atoms. The zero-order valence-corrected chi connectivity index (χ0v) is 16.2. The van der Waals surface area contributed by atoms with Crippen LogP contribution in [0.25, 0.3) is 5.82 Å². The second-order valence-corrected chi connectivity index (χ2v) is 6.73. The number of hydrogen-bond donors (Lipinski definition) is 0. The summed E-state index contributed by atoms with van der Waals surface area (Å²) in [5.41, 5.74) is 1.65. The molecular weight excluding hydrogens is 372 g/mol. The molecule has 0 N–H and O–H groups in total. The number of aromatic nitrogens is 3. The average Bonchev–Trinajstić information content (AvgIpc) is 3.00. The Morgan fingerprint density at radius 2 is 1.96 bits per heavy atom. The van der Waals surface area contributed by atoms with Gasteiger partial charge < -0.3 is 14.4 Å². The van der Waals surface area contributed by atoms with E-state index in [1.807, 2.05) is 19.9 Å². The van der Waals surface area contributed by atoms with Gasteiger partial charge in [-0.2, -0.15) is 5.10 Å². The molecule has 2 aromatic rings. The van der Waals surface area contributed by atoms with Crippen LogP contribution in [0, 0.1) is 13.8 Å². The summed E-state index contributed by atoms with van der Waals surface area (Å²) in [6.07, 6.45) is -0.939. The predicted molar refractivity (Wildman–Crippen MR) is 98.1 cm³/mol. The van der Waals surface area contributed by atoms with E-state index in [-0.39, 0.29) is 16.6 Å². The molecular formula is C18H21ClN4O4. The minimum atomic E-state index is -0.939. The summed E-state index contributed by atoms with van der Waals surface area (Å²) in [6, 6.07) is 5.13. The van der Waals surface area contributed by atoms with Gasteiger partial charge in [-0.15, -0.1) is 0 Å². The van der Waals surface area contributed by atoms with E-state index >= 15 is 0 Å². The molecule has 1 atom stereocenters. The summed E-state index contributed by atoms with van der Waals surface area (Å²) in [7, 11) is 0. The van der Waals surface area contributed by atoms with Crippen LogP contribution in [0.1, 0.15) is 28.8 Å². The summed E-state index contributed by atoms with van der Waals surface area (Å²) >= 11 is 6.13. The molecule has 2 aromatic heterocycles. The Kier molecular flexibility index (Phi) is 5.76. The van der Waals surface area contributed by atoms with E-state index in [4.69, 9.17) is 21.1 Å². The Balaban J connectivity index is 1.77. The van der Waals surface area contributed by atoms with Crippen molar-refractivity contribution >= 4 is 23.5 Å². The van der Waals surface area contributed by atoms with Gasteiger partial charge in [0.15, 0.2) is 17.6 Å². The molecule has 0 saturated carbocycles. The maximum atomic E-state index is 12.5. The highest BCUT2D eigenvalue weighted by Gasteiger charge is 2.27. The lowest BCUT2D eigenvalue weighted by Crippen LogP contribution is -2.46. The summed E-state index contributed by atoms with van der Waals surface area (Å²) < 4.78 is 12.2. The van der Waals surface area contributed by atoms with Crippen LogP contribution in [-0.2, 0) is 14.3 Å². The number of esters is 1. The van der Waals surface area contributed by atoms with Gasteiger partial charge in [0.2, 0.25) is 0 Å². The lowest BCUT2D eigenvalue weighted by Gasteiger charge is -2.28. The van der Waals surface area contributed by atoms with E-state index in [2.05, 4.69) is 10.1 Å². The van der Waals surface area contributed by atoms with Gasteiger partial charge in [-0.25, -0.2) is 14.5 Å². The van der Waals surface area contributed by atoms with Crippen LogP contribution < -0.4 is 0 Å². The fraction of sp³-hybridized carbons (Fsp3) is 0.444. The van der Waals surface area contributed by atoms with Crippen LogP contribution in [0.15, 0.2) is 18.2 Å². The highest BCUT2D eigenvalue weighted by molar-refractivity contribution is 6.33. The largest absolute Gasteiger partial charge is 0.448 e. The molecule has 1 aliphatic rings. The minimum absolute atomic E-state index is 0.0525. The number of halogens is 1. The van der Waals surface area contributed by atoms with Crippen molar-refractivity contribution in [3.8, 4) is 5.82 Å². The molecule has 1 aliphatic heterocycles. The predicted octanol–water partition coefficient (Wildman–Crippen LogP) is 1.94. The summed E-state index contributed by atoms with van der Waals surface area (Å²) in [4.78, 5) is 30.9. The summed E-state index contributed by atoms with van der Waals surface area (Å²) in [6.45, 7) is 7.20. The quantitative estimate of drug-likeness (QED) is 0.739. The SMILES string of the molecule is Cc1cc(C)n(-c2ccc(Cl)c(C(=O)OC(C)C(=O)N3CCOCC3)n2)n1. The molecule has 3 heterocycles. The molecule has 1 fully saturated rings. The minimum Gasteiger partial charge on any atom is -0.448 e. The average molecular weight is 393 g/mol. The Morgan fingerprint density at radius 3 is 2.59 bits per heavy atom. The lowest BCUT2D eigenvalue weighted by atomic mass is 10.3. The number of rotatable bonds is 4. The smallest absolute Gasteiger partial charge is 0.359 e. The fourth-order valence-corrected chi connectivity index (χ4v) is 3.04. The molecule has 0 aromatic carbocycles. The van der Waals surface area contributed by atoms with Crippen molar-refractivity contribution in [1.29, 1.82) is 0 Å². The van der Waals surface area contributed by atoms with Crippen molar-refractivity contribution < 1.29 is 19.1 Å². The maximum Gasteiger partial charge on any atom is 0.359 e. The van der Waals surface area contributed by atoms with Crippen molar-refractivity contribution in [3.63, 3.8) is 0 Å². The standard InChI is InChI=1S/C18H21ClN4O4/c1-11-10-12(2)23(21-11)15-5-4-14(19)16(20-15)18(25)27-13(3)17(24)22-6-8-26-9-7-22/h4-5,10,13H,6-9H2,1-3H3. The molecule has 0 radical (unpaired) electrons. The molecule has 1 unspecified atom stereocenters. The monoisotopic (exact) mass is 392 g/mol. The second-order valence-electron chi connectivity index (χ2n) is 6.32. The third-order valence-electron chi connectivity index (χ3n) is 4.21. The van der Waals surface area contributed by atoms with Crippen LogP contribution in [0.4, 0.5) is 0 Å². The van der Waals surface area contributed by atoms with Gasteiger partial charge in [0.05, 0.1) is 23.9 Å². The van der Waals surface area contributed by atoms with Crippen LogP contribution >= 0.6 is 11.6 Å². The van der Waals surface area contributed by atoms with Crippen molar-refractivity contribution in [3.05, 3.63) is 40.3 Å². The van der Waals surface area contributed by atoms with Crippen LogP contribution in [0.3, 0.4) is 0 Å². The van der Waals surface area contributed by atoms with E-state index in [1.54, 1.807) is 21.7 Å². The number of pyridine rings is 1. The molecule has 0 aliphatic carbocycles. The van der Waals surface area contributed by atoms with E-state index < -0.39 is 12.1 Å². The number of hydrogen-bond acceptors (Lipinski definition) is 6. The van der Waals surface area contributed by atoms with Gasteiger partial charge in [0.25, 0.3) is 5.91 Å². The number of morpholine rings is 1. The zero-order chi connectivity index (χ0) is 19.6. The fourth-order valence-electron chi connectivity index (χ4n) is 2.86. The number of ether oxygens (including phenoxy) is 2. The summed E-state index contributed by atoms with van der Waals surface area (Å²) in [5.74, 6) is -0.570. The van der Waals surface area contributed by atoms with Crippen molar-refractivity contribution in [2.24, 2.45) is 0 Å². The van der Waals surface area contributed by atoms with Crippen molar-refractivity contribution in [2.75, 3.05) is 26.3 Å². The first-order valence-corrected chi connectivity index (χ1v) is 9.02. The van der Waals surface area contributed by atoms with E-state index in [9.17, 15) is 9.59 Å². The molecule has 1 amide bonds. The van der Waals surface area contributed by atoms with Crippen molar-refractivity contribution in [2.45, 2.75) is 26.9 Å². The van der Waals surface area contributed by atoms with Gasteiger partial charge in [0.1, 0.15) is 0 Å². The van der Waals surface area contributed by atoms with Gasteiger partial charge in [-0.3, -0.25) is 4.79 Å². The lowest BCUT2D eigenvalue weighted by molar-refractivity contribution is -0.143. The zero-order valence-electron chi connectivity index (χ0n) is 15.4. The normalized spacial score (nSPS) is 15.5. The van der Waals surface area contributed by atoms with Crippen LogP contribution in [0.2, 0.25) is 5.02 Å². The molecule has 8 nitrogen and oxygen atoms in total. The molecule has 0 spiro atoms. The highest BCUT2D eigenvalue weighted by Crippen LogP contribution is 2.19. The first kappa shape index (κ1) is 19.3. The van der Waals surface area contributed by atoms with Crippen LogP contribution in [-0.4, -0.2) is 63.9 Å². The van der Waals surface area contributed by atoms with Crippen LogP contribution in [0.5, 0.6) is 0 Å². The Bertz CT molecular complexity index is 861.